The standard InChI is InChI=1S/C30H30N4.C22H26N4.2C19H28N4/c1-31-15-17-33(21-31)19-25-13-11-23-7-3-5-9-27(23)29(25)30-26(20-34-18-16-32(2)22-34)14-12-24-8-4-6-10-28(24)30;1-23-11-13-25(17-23)15-19-7-3-5-9-21(19)22-10-6-4-8-20(22)16-26-14-12-24(2)18-26;2*1-15-10-16(2)19(12-23-9-7-21(5)14-23)17(3)18(15)11-22-8-6-20(4)13-22/h3-18H,19-22H2,1-2H3;3-14H,15-18H2,1-2H3;2*6-10H,11-14H2,1-5H3. The summed E-state index contributed by atoms with van der Waals surface area (Å²) in [4.78, 5) is 36.7. The fourth-order valence-electron chi connectivity index (χ4n) is 16.1. The highest BCUT2D eigenvalue weighted by Crippen LogP contribution is 2.41. The molecule has 8 aliphatic heterocycles. The highest BCUT2D eigenvalue weighted by atomic mass is 15.4. The molecule has 106 heavy (non-hydrogen) atoms. The smallest absolute Gasteiger partial charge is 0.0894 e. The van der Waals surface area contributed by atoms with Crippen molar-refractivity contribution >= 4 is 21.5 Å². The van der Waals surface area contributed by atoms with E-state index in [1.54, 1.807) is 0 Å². The minimum absolute atomic E-state index is 0.885. The molecule has 0 unspecified atom stereocenters. The van der Waals surface area contributed by atoms with Gasteiger partial charge in [0.15, 0.2) is 0 Å². The summed E-state index contributed by atoms with van der Waals surface area (Å²) >= 11 is 0. The van der Waals surface area contributed by atoms with Gasteiger partial charge in [0.1, 0.15) is 0 Å². The number of rotatable bonds is 18. The Morgan fingerprint density at radius 3 is 0.708 bits per heavy atom. The molecule has 0 fully saturated rings. The number of nitrogens with zero attached hydrogens (tertiary/aromatic N) is 16. The molecule has 0 aliphatic carbocycles. The van der Waals surface area contributed by atoms with Crippen LogP contribution in [-0.2, 0) is 52.4 Å². The Kier molecular flexibility index (Phi) is 22.8. The molecule has 8 aromatic rings. The minimum atomic E-state index is 0.885. The number of benzene rings is 8. The van der Waals surface area contributed by atoms with Gasteiger partial charge in [-0.3, -0.25) is 0 Å². The van der Waals surface area contributed by atoms with Gasteiger partial charge >= 0.3 is 0 Å². The van der Waals surface area contributed by atoms with E-state index in [9.17, 15) is 0 Å². The molecule has 0 N–H and O–H groups in total. The molecule has 0 bridgehead atoms. The molecular weight excluding hydrogens is 1310 g/mol. The largest absolute Gasteiger partial charge is 0.362 e. The highest BCUT2D eigenvalue weighted by Gasteiger charge is 2.25. The average molecular weight is 1420 g/mol. The molecule has 16 rings (SSSR count). The zero-order valence-corrected chi connectivity index (χ0v) is 65.4. The first-order chi connectivity index (χ1) is 51.2. The molecule has 8 aliphatic rings. The number of hydrogen-bond acceptors (Lipinski definition) is 16. The van der Waals surface area contributed by atoms with Crippen LogP contribution < -0.4 is 0 Å². The lowest BCUT2D eigenvalue weighted by Crippen LogP contribution is -2.25. The van der Waals surface area contributed by atoms with Crippen LogP contribution in [0.2, 0.25) is 0 Å². The van der Waals surface area contributed by atoms with Crippen LogP contribution in [-0.4, -0.2) is 188 Å². The molecule has 0 atom stereocenters. The Labute approximate surface area is 632 Å². The van der Waals surface area contributed by atoms with Gasteiger partial charge in [0, 0.05) is 208 Å². The maximum absolute atomic E-state index is 2.39. The van der Waals surface area contributed by atoms with Crippen molar-refractivity contribution in [1.29, 1.82) is 0 Å². The van der Waals surface area contributed by atoms with Gasteiger partial charge in [-0.25, -0.2) is 0 Å². The third kappa shape index (κ3) is 17.7. The van der Waals surface area contributed by atoms with Crippen molar-refractivity contribution in [2.75, 3.05) is 110 Å². The van der Waals surface area contributed by atoms with Gasteiger partial charge in [-0.2, -0.15) is 0 Å². The van der Waals surface area contributed by atoms with Crippen molar-refractivity contribution in [1.82, 2.24) is 78.4 Å². The maximum atomic E-state index is 2.39. The second kappa shape index (κ2) is 33.0. The van der Waals surface area contributed by atoms with Crippen LogP contribution in [0.25, 0.3) is 43.8 Å². The molecule has 16 nitrogen and oxygen atoms in total. The fourth-order valence-corrected chi connectivity index (χ4v) is 16.1. The predicted molar refractivity (Wildman–Crippen MR) is 439 cm³/mol. The van der Waals surface area contributed by atoms with Gasteiger partial charge in [0.05, 0.1) is 53.3 Å². The van der Waals surface area contributed by atoms with Gasteiger partial charge in [-0.05, 0) is 163 Å². The van der Waals surface area contributed by atoms with E-state index in [0.717, 1.165) is 106 Å². The van der Waals surface area contributed by atoms with E-state index in [0.29, 0.717) is 0 Å². The molecule has 552 valence electrons. The number of fused-ring (bicyclic) bond motifs is 2. The Hall–Kier alpha value is -11.0. The van der Waals surface area contributed by atoms with Crippen molar-refractivity contribution in [3.8, 4) is 22.3 Å². The quantitative estimate of drug-likeness (QED) is 0.0819. The van der Waals surface area contributed by atoms with Gasteiger partial charge in [0.25, 0.3) is 0 Å². The molecule has 0 amide bonds. The van der Waals surface area contributed by atoms with Crippen molar-refractivity contribution < 1.29 is 0 Å². The van der Waals surface area contributed by atoms with E-state index >= 15 is 0 Å². The van der Waals surface area contributed by atoms with Crippen LogP contribution in [0, 0.1) is 41.5 Å². The van der Waals surface area contributed by atoms with Crippen molar-refractivity contribution in [3.05, 3.63) is 311 Å². The van der Waals surface area contributed by atoms with E-state index in [1.165, 1.54) is 122 Å². The first-order valence-corrected chi connectivity index (χ1v) is 37.6. The first kappa shape index (κ1) is 73.3. The second-order valence-electron chi connectivity index (χ2n) is 30.7. The summed E-state index contributed by atoms with van der Waals surface area (Å²) in [6, 6.07) is 49.2. The summed E-state index contributed by atoms with van der Waals surface area (Å²) in [7, 11) is 16.9. The molecular formula is C90H112N16. The Bertz CT molecular complexity index is 4280. The topological polar surface area (TPSA) is 51.8 Å². The van der Waals surface area contributed by atoms with E-state index in [2.05, 4.69) is 409 Å². The lowest BCUT2D eigenvalue weighted by Gasteiger charge is -2.25. The lowest BCUT2D eigenvalue weighted by atomic mass is 9.86. The Morgan fingerprint density at radius 2 is 0.453 bits per heavy atom. The number of hydrogen-bond donors (Lipinski definition) is 0. The zero-order chi connectivity index (χ0) is 74.1. The molecule has 0 radical (unpaired) electrons. The predicted octanol–water partition coefficient (Wildman–Crippen LogP) is 15.6. The van der Waals surface area contributed by atoms with Gasteiger partial charge in [0.2, 0.25) is 0 Å². The van der Waals surface area contributed by atoms with Crippen LogP contribution in [0.3, 0.4) is 0 Å². The van der Waals surface area contributed by atoms with Crippen molar-refractivity contribution in [2.45, 2.75) is 93.9 Å². The van der Waals surface area contributed by atoms with Gasteiger partial charge in [-0.1, -0.05) is 133 Å². The zero-order valence-electron chi connectivity index (χ0n) is 65.4. The molecule has 16 heteroatoms. The molecule has 0 spiro atoms. The molecule has 8 heterocycles. The van der Waals surface area contributed by atoms with Crippen molar-refractivity contribution in [3.63, 3.8) is 0 Å². The summed E-state index contributed by atoms with van der Waals surface area (Å²) in [5.74, 6) is 0. The van der Waals surface area contributed by atoms with Gasteiger partial charge in [-0.15, -0.1) is 0 Å². The summed E-state index contributed by atoms with van der Waals surface area (Å²) in [5, 5.41) is 5.22. The average Bonchev–Trinajstić information content (AvgIpc) is 0.900. The number of aryl methyl sites for hydroxylation is 4. The Morgan fingerprint density at radius 1 is 0.226 bits per heavy atom. The van der Waals surface area contributed by atoms with Gasteiger partial charge < -0.3 is 78.4 Å². The van der Waals surface area contributed by atoms with Crippen LogP contribution >= 0.6 is 0 Å². The molecule has 0 aromatic heterocycles. The summed E-state index contributed by atoms with van der Waals surface area (Å²) in [6.07, 6.45) is 34.7. The normalized spacial score (nSPS) is 16.4. The third-order valence-corrected chi connectivity index (χ3v) is 21.6. The van der Waals surface area contributed by atoms with E-state index in [1.807, 2.05) is 0 Å². The monoisotopic (exact) mass is 1420 g/mol. The van der Waals surface area contributed by atoms with E-state index in [-0.39, 0.29) is 0 Å². The van der Waals surface area contributed by atoms with E-state index in [4.69, 9.17) is 0 Å². The summed E-state index contributed by atoms with van der Waals surface area (Å²) < 4.78 is 0. The van der Waals surface area contributed by atoms with Crippen LogP contribution in [0.1, 0.15) is 77.9 Å². The van der Waals surface area contributed by atoms with Crippen LogP contribution in [0.15, 0.2) is 233 Å². The first-order valence-electron chi connectivity index (χ1n) is 37.6. The molecule has 8 aromatic carbocycles. The lowest BCUT2D eigenvalue weighted by molar-refractivity contribution is 0.286. The summed E-state index contributed by atoms with van der Waals surface area (Å²) in [5.41, 5.74) is 25.3. The highest BCUT2D eigenvalue weighted by molar-refractivity contribution is 6.08. The van der Waals surface area contributed by atoms with Crippen molar-refractivity contribution in [2.24, 2.45) is 0 Å². The molecule has 0 saturated carbocycles. The van der Waals surface area contributed by atoms with Crippen LogP contribution in [0.5, 0.6) is 0 Å². The molecule has 0 saturated heterocycles. The fraction of sp³-hybridized carbons (Fsp3) is 0.333. The van der Waals surface area contributed by atoms with E-state index < -0.39 is 0 Å². The summed E-state index contributed by atoms with van der Waals surface area (Å²) in [6.45, 7) is 28.7. The second-order valence-corrected chi connectivity index (χ2v) is 30.7. The SMILES string of the molecule is CN1C=CN(Cc2ccc3ccccc3c2-c2c(CN3C=CN(C)C3)ccc3ccccc23)C1.CN1C=CN(Cc2ccccc2-c2ccccc2CN2C=CN(C)C2)C1.Cc1cc(C)c(CN2C=CN(C)C2)c(C)c1CN1C=CN(C)C1.Cc1cc(C)c(CN2C=CN(C)C2)c(C)c1CN1C=CN(C)C1. The third-order valence-electron chi connectivity index (χ3n) is 21.6. The minimum Gasteiger partial charge on any atom is -0.362 e. The Balaban J connectivity index is 0.000000127. The van der Waals surface area contributed by atoms with Crippen LogP contribution in [0.4, 0.5) is 0 Å². The maximum Gasteiger partial charge on any atom is 0.0894 e.